The third kappa shape index (κ3) is 3.74. The Labute approximate surface area is 134 Å². The molecule has 0 aliphatic heterocycles. The van der Waals surface area contributed by atoms with Crippen LogP contribution in [0, 0.1) is 28.7 Å². The van der Waals surface area contributed by atoms with E-state index >= 15 is 0 Å². The number of halogens is 3. The Morgan fingerprint density at radius 1 is 1.13 bits per heavy atom. The maximum atomic E-state index is 13.1. The van der Waals surface area contributed by atoms with Gasteiger partial charge in [0, 0.05) is 17.7 Å². The predicted molar refractivity (Wildman–Crippen MR) is 80.0 cm³/mol. The summed E-state index contributed by atoms with van der Waals surface area (Å²) in [5, 5.41) is 10.8. The lowest BCUT2D eigenvalue weighted by molar-refractivity contribution is -0.385. The van der Waals surface area contributed by atoms with Crippen molar-refractivity contribution in [1.29, 1.82) is 0 Å². The summed E-state index contributed by atoms with van der Waals surface area (Å²) < 4.78 is 52.6. The molecule has 0 atom stereocenters. The lowest BCUT2D eigenvalue weighted by Crippen LogP contribution is -2.14. The van der Waals surface area contributed by atoms with Gasteiger partial charge in [0.2, 0.25) is 0 Å². The van der Waals surface area contributed by atoms with Gasteiger partial charge in [0.05, 0.1) is 20.5 Å². The Hall–Kier alpha value is -2.26. The van der Waals surface area contributed by atoms with Gasteiger partial charge in [-0.25, -0.2) is 17.2 Å². The van der Waals surface area contributed by atoms with Crippen molar-refractivity contribution >= 4 is 33.0 Å². The highest BCUT2D eigenvalue weighted by Gasteiger charge is 2.23. The standard InChI is InChI=1S/C13H9ClF2N2O4S/c1-7-12(14)5-11(6-13(7)18(19)20)23(21,22)17-10-3-8(15)2-9(16)4-10/h2-6,17H,1H3. The number of nitrogens with zero attached hydrogens (tertiary/aromatic N) is 1. The smallest absolute Gasteiger partial charge is 0.275 e. The van der Waals surface area contributed by atoms with E-state index in [1.54, 1.807) is 0 Å². The molecule has 122 valence electrons. The summed E-state index contributed by atoms with van der Waals surface area (Å²) in [4.78, 5) is 9.66. The normalized spacial score (nSPS) is 11.3. The van der Waals surface area contributed by atoms with Gasteiger partial charge in [-0.05, 0) is 25.1 Å². The second kappa shape index (κ2) is 6.09. The molecular formula is C13H9ClF2N2O4S. The number of benzene rings is 2. The van der Waals surface area contributed by atoms with Crippen molar-refractivity contribution in [1.82, 2.24) is 0 Å². The van der Waals surface area contributed by atoms with Crippen molar-refractivity contribution < 1.29 is 22.1 Å². The monoisotopic (exact) mass is 362 g/mol. The average molecular weight is 363 g/mol. The topological polar surface area (TPSA) is 89.3 Å². The maximum Gasteiger partial charge on any atom is 0.275 e. The largest absolute Gasteiger partial charge is 0.279 e. The van der Waals surface area contributed by atoms with Gasteiger partial charge in [-0.3, -0.25) is 14.8 Å². The van der Waals surface area contributed by atoms with E-state index in [2.05, 4.69) is 0 Å². The summed E-state index contributed by atoms with van der Waals surface area (Å²) in [6.45, 7) is 1.37. The van der Waals surface area contributed by atoms with Gasteiger partial charge in [-0.2, -0.15) is 0 Å². The zero-order valence-corrected chi connectivity index (χ0v) is 13.1. The van der Waals surface area contributed by atoms with E-state index < -0.39 is 37.2 Å². The molecule has 0 unspecified atom stereocenters. The molecule has 0 radical (unpaired) electrons. The zero-order valence-electron chi connectivity index (χ0n) is 11.5. The third-order valence-electron chi connectivity index (χ3n) is 2.91. The van der Waals surface area contributed by atoms with Crippen LogP contribution in [0.5, 0.6) is 0 Å². The molecule has 2 aromatic carbocycles. The number of nitro groups is 1. The highest BCUT2D eigenvalue weighted by Crippen LogP contribution is 2.30. The molecular weight excluding hydrogens is 354 g/mol. The molecule has 0 heterocycles. The van der Waals surface area contributed by atoms with Crippen molar-refractivity contribution in [2.24, 2.45) is 0 Å². The zero-order chi connectivity index (χ0) is 17.4. The highest BCUT2D eigenvalue weighted by atomic mass is 35.5. The molecule has 10 heteroatoms. The summed E-state index contributed by atoms with van der Waals surface area (Å²) in [7, 11) is -4.31. The van der Waals surface area contributed by atoms with Crippen molar-refractivity contribution in [2.75, 3.05) is 4.72 Å². The quantitative estimate of drug-likeness (QED) is 0.664. The van der Waals surface area contributed by atoms with Crippen LogP contribution in [0.1, 0.15) is 5.56 Å². The number of nitrogens with one attached hydrogen (secondary N) is 1. The van der Waals surface area contributed by atoms with Crippen LogP contribution in [0.3, 0.4) is 0 Å². The van der Waals surface area contributed by atoms with Crippen LogP contribution in [-0.2, 0) is 10.0 Å². The molecule has 2 rings (SSSR count). The Morgan fingerprint density at radius 2 is 1.70 bits per heavy atom. The first kappa shape index (κ1) is 17.1. The number of sulfonamides is 1. The highest BCUT2D eigenvalue weighted by molar-refractivity contribution is 7.92. The molecule has 0 saturated carbocycles. The lowest BCUT2D eigenvalue weighted by Gasteiger charge is -2.10. The molecule has 0 aromatic heterocycles. The van der Waals surface area contributed by atoms with E-state index in [-0.39, 0.29) is 16.3 Å². The molecule has 0 spiro atoms. The van der Waals surface area contributed by atoms with Crippen LogP contribution in [0.4, 0.5) is 20.2 Å². The molecule has 0 saturated heterocycles. The van der Waals surface area contributed by atoms with Crippen LogP contribution in [0.15, 0.2) is 35.2 Å². The second-order valence-electron chi connectivity index (χ2n) is 4.57. The summed E-state index contributed by atoms with van der Waals surface area (Å²) in [6, 6.07) is 3.95. The molecule has 23 heavy (non-hydrogen) atoms. The molecule has 2 aromatic rings. The fourth-order valence-electron chi connectivity index (χ4n) is 1.81. The first-order chi connectivity index (χ1) is 10.6. The van der Waals surface area contributed by atoms with Gasteiger partial charge in [0.25, 0.3) is 15.7 Å². The minimum Gasteiger partial charge on any atom is -0.279 e. The SMILES string of the molecule is Cc1c(Cl)cc(S(=O)(=O)Nc2cc(F)cc(F)c2)cc1[N+](=O)[O-]. The minimum absolute atomic E-state index is 0.104. The Bertz CT molecular complexity index is 883. The van der Waals surface area contributed by atoms with Gasteiger partial charge in [0.15, 0.2) is 0 Å². The Kier molecular flexibility index (Phi) is 4.53. The van der Waals surface area contributed by atoms with Crippen LogP contribution in [0.2, 0.25) is 5.02 Å². The number of nitro benzene ring substituents is 1. The van der Waals surface area contributed by atoms with E-state index in [9.17, 15) is 27.3 Å². The van der Waals surface area contributed by atoms with Crippen LogP contribution < -0.4 is 4.72 Å². The van der Waals surface area contributed by atoms with Crippen molar-refractivity contribution in [3.8, 4) is 0 Å². The maximum absolute atomic E-state index is 13.1. The van der Waals surface area contributed by atoms with Gasteiger partial charge in [-0.15, -0.1) is 0 Å². The molecule has 0 fully saturated rings. The minimum atomic E-state index is -4.31. The summed E-state index contributed by atoms with van der Waals surface area (Å²) >= 11 is 5.81. The average Bonchev–Trinajstić information content (AvgIpc) is 2.39. The van der Waals surface area contributed by atoms with Crippen LogP contribution in [-0.4, -0.2) is 13.3 Å². The van der Waals surface area contributed by atoms with E-state index in [4.69, 9.17) is 11.6 Å². The first-order valence-corrected chi connectivity index (χ1v) is 7.90. The lowest BCUT2D eigenvalue weighted by atomic mass is 10.2. The summed E-state index contributed by atoms with van der Waals surface area (Å²) in [5.41, 5.74) is -0.738. The van der Waals surface area contributed by atoms with Gasteiger partial charge in [-0.1, -0.05) is 11.6 Å². The molecule has 0 aliphatic carbocycles. The van der Waals surface area contributed by atoms with Crippen molar-refractivity contribution in [2.45, 2.75) is 11.8 Å². The van der Waals surface area contributed by atoms with E-state index in [0.29, 0.717) is 6.07 Å². The Balaban J connectivity index is 2.49. The van der Waals surface area contributed by atoms with Crippen LogP contribution in [0.25, 0.3) is 0 Å². The fraction of sp³-hybridized carbons (Fsp3) is 0.0769. The number of rotatable bonds is 4. The van der Waals surface area contributed by atoms with E-state index in [0.717, 1.165) is 24.3 Å². The van der Waals surface area contributed by atoms with E-state index in [1.165, 1.54) is 6.92 Å². The molecule has 6 nitrogen and oxygen atoms in total. The number of hydrogen-bond acceptors (Lipinski definition) is 4. The van der Waals surface area contributed by atoms with Gasteiger partial charge < -0.3 is 0 Å². The molecule has 0 aliphatic rings. The first-order valence-electron chi connectivity index (χ1n) is 6.03. The van der Waals surface area contributed by atoms with Gasteiger partial charge >= 0.3 is 0 Å². The fourth-order valence-corrected chi connectivity index (χ4v) is 3.18. The van der Waals surface area contributed by atoms with Crippen LogP contribution >= 0.6 is 11.6 Å². The molecule has 0 amide bonds. The number of hydrogen-bond donors (Lipinski definition) is 1. The Morgan fingerprint density at radius 3 is 2.22 bits per heavy atom. The summed E-state index contributed by atoms with van der Waals surface area (Å²) in [5.74, 6) is -1.95. The summed E-state index contributed by atoms with van der Waals surface area (Å²) in [6.07, 6.45) is 0. The van der Waals surface area contributed by atoms with Crippen molar-refractivity contribution in [3.63, 3.8) is 0 Å². The second-order valence-corrected chi connectivity index (χ2v) is 6.66. The number of anilines is 1. The third-order valence-corrected chi connectivity index (χ3v) is 4.67. The molecule has 1 N–H and O–H groups in total. The predicted octanol–water partition coefficient (Wildman–Crippen LogP) is 3.64. The van der Waals surface area contributed by atoms with Crippen molar-refractivity contribution in [3.05, 3.63) is 62.7 Å². The molecule has 0 bridgehead atoms. The van der Waals surface area contributed by atoms with Gasteiger partial charge in [0.1, 0.15) is 11.6 Å². The van der Waals surface area contributed by atoms with E-state index in [1.807, 2.05) is 4.72 Å².